The Kier molecular flexibility index (Phi) is 3.06. The third-order valence-corrected chi connectivity index (χ3v) is 3.19. The average Bonchev–Trinajstić information content (AvgIpc) is 2.58. The predicted octanol–water partition coefficient (Wildman–Crippen LogP) is 0.301. The number of carbonyl (C=O) groups excluding carboxylic acids is 1. The lowest BCUT2D eigenvalue weighted by Crippen LogP contribution is -2.50. The fourth-order valence-electron chi connectivity index (χ4n) is 2.01. The Morgan fingerprint density at radius 3 is 2.76 bits per heavy atom. The van der Waals surface area contributed by atoms with E-state index in [0.29, 0.717) is 24.6 Å². The summed E-state index contributed by atoms with van der Waals surface area (Å²) in [5, 5.41) is 6.98. The van der Waals surface area contributed by atoms with Crippen LogP contribution in [0.15, 0.2) is 6.20 Å². The second-order valence-corrected chi connectivity index (χ2v) is 4.70. The maximum absolute atomic E-state index is 12.1. The number of rotatable bonds is 2. The van der Waals surface area contributed by atoms with E-state index in [2.05, 4.69) is 10.4 Å². The van der Waals surface area contributed by atoms with E-state index in [-0.39, 0.29) is 11.4 Å². The quantitative estimate of drug-likeness (QED) is 0.776. The fourth-order valence-corrected chi connectivity index (χ4v) is 2.01. The number of nitrogen functional groups attached to an aromatic ring is 1. The molecule has 0 bridgehead atoms. The van der Waals surface area contributed by atoms with Crippen LogP contribution in [0.5, 0.6) is 0 Å². The number of hydrogen-bond acceptors (Lipinski definition) is 4. The van der Waals surface area contributed by atoms with Crippen LogP contribution in [-0.4, -0.2) is 34.4 Å². The zero-order valence-electron chi connectivity index (χ0n) is 10.2. The smallest absolute Gasteiger partial charge is 0.272 e. The number of nitrogens with zero attached hydrogens (tertiary/aromatic N) is 2. The van der Waals surface area contributed by atoms with Gasteiger partial charge in [-0.3, -0.25) is 9.48 Å². The Morgan fingerprint density at radius 2 is 2.24 bits per heavy atom. The SMILES string of the molecule is Cn1ncc(N)c1C(=O)NC1(C)CCOCC1. The lowest BCUT2D eigenvalue weighted by Gasteiger charge is -2.34. The molecule has 0 radical (unpaired) electrons. The predicted molar refractivity (Wildman–Crippen MR) is 63.5 cm³/mol. The first-order valence-electron chi connectivity index (χ1n) is 5.69. The van der Waals surface area contributed by atoms with Crippen LogP contribution < -0.4 is 11.1 Å². The van der Waals surface area contributed by atoms with Gasteiger partial charge in [-0.05, 0) is 19.8 Å². The second kappa shape index (κ2) is 4.37. The van der Waals surface area contributed by atoms with E-state index in [4.69, 9.17) is 10.5 Å². The topological polar surface area (TPSA) is 82.2 Å². The summed E-state index contributed by atoms with van der Waals surface area (Å²) in [6.07, 6.45) is 3.12. The summed E-state index contributed by atoms with van der Waals surface area (Å²) in [7, 11) is 1.71. The second-order valence-electron chi connectivity index (χ2n) is 4.70. The fraction of sp³-hybridized carbons (Fsp3) is 0.636. The van der Waals surface area contributed by atoms with Gasteiger partial charge < -0.3 is 15.8 Å². The number of aryl methyl sites for hydroxylation is 1. The number of nitrogens with two attached hydrogens (primary N) is 1. The van der Waals surface area contributed by atoms with Gasteiger partial charge in [-0.2, -0.15) is 5.10 Å². The Morgan fingerprint density at radius 1 is 1.59 bits per heavy atom. The molecule has 1 fully saturated rings. The van der Waals surface area contributed by atoms with Crippen LogP contribution in [-0.2, 0) is 11.8 Å². The van der Waals surface area contributed by atoms with Crippen LogP contribution in [0, 0.1) is 0 Å². The van der Waals surface area contributed by atoms with Crippen LogP contribution in [0.3, 0.4) is 0 Å². The number of hydrogen-bond donors (Lipinski definition) is 2. The normalized spacial score (nSPS) is 18.9. The molecular weight excluding hydrogens is 220 g/mol. The lowest BCUT2D eigenvalue weighted by atomic mass is 9.92. The Hall–Kier alpha value is -1.56. The molecule has 17 heavy (non-hydrogen) atoms. The van der Waals surface area contributed by atoms with Crippen molar-refractivity contribution in [1.29, 1.82) is 0 Å². The largest absolute Gasteiger partial charge is 0.396 e. The molecule has 2 heterocycles. The molecular formula is C11H18N4O2. The van der Waals surface area contributed by atoms with Crippen molar-refractivity contribution in [2.75, 3.05) is 18.9 Å². The van der Waals surface area contributed by atoms with Gasteiger partial charge in [0.05, 0.1) is 11.9 Å². The zero-order chi connectivity index (χ0) is 12.5. The number of ether oxygens (including phenoxy) is 1. The van der Waals surface area contributed by atoms with Crippen molar-refractivity contribution in [3.8, 4) is 0 Å². The third-order valence-electron chi connectivity index (χ3n) is 3.19. The summed E-state index contributed by atoms with van der Waals surface area (Å²) >= 11 is 0. The van der Waals surface area contributed by atoms with E-state index in [0.717, 1.165) is 12.8 Å². The van der Waals surface area contributed by atoms with E-state index in [1.165, 1.54) is 10.9 Å². The van der Waals surface area contributed by atoms with E-state index in [1.54, 1.807) is 7.05 Å². The molecule has 1 aliphatic rings. The minimum absolute atomic E-state index is 0.174. The van der Waals surface area contributed by atoms with E-state index in [9.17, 15) is 4.79 Å². The minimum atomic E-state index is -0.216. The van der Waals surface area contributed by atoms with Gasteiger partial charge in [-0.25, -0.2) is 0 Å². The number of nitrogens with one attached hydrogen (secondary N) is 1. The summed E-state index contributed by atoms with van der Waals surface area (Å²) in [5.74, 6) is -0.174. The molecule has 0 unspecified atom stereocenters. The van der Waals surface area contributed by atoms with Crippen molar-refractivity contribution < 1.29 is 9.53 Å². The molecule has 1 aromatic rings. The molecule has 1 amide bonds. The van der Waals surface area contributed by atoms with Gasteiger partial charge in [0, 0.05) is 25.8 Å². The van der Waals surface area contributed by atoms with Gasteiger partial charge in [0.2, 0.25) is 0 Å². The molecule has 3 N–H and O–H groups in total. The summed E-state index contributed by atoms with van der Waals surface area (Å²) in [6.45, 7) is 3.38. The molecule has 94 valence electrons. The van der Waals surface area contributed by atoms with Crippen molar-refractivity contribution in [1.82, 2.24) is 15.1 Å². The number of carbonyl (C=O) groups is 1. The summed E-state index contributed by atoms with van der Waals surface area (Å²) in [4.78, 5) is 12.1. The molecule has 6 nitrogen and oxygen atoms in total. The van der Waals surface area contributed by atoms with Crippen molar-refractivity contribution in [3.63, 3.8) is 0 Å². The van der Waals surface area contributed by atoms with E-state index >= 15 is 0 Å². The molecule has 0 atom stereocenters. The number of anilines is 1. The molecule has 0 spiro atoms. The van der Waals surface area contributed by atoms with Gasteiger partial charge in [0.1, 0.15) is 5.69 Å². The zero-order valence-corrected chi connectivity index (χ0v) is 10.2. The van der Waals surface area contributed by atoms with Crippen LogP contribution in [0.25, 0.3) is 0 Å². The highest BCUT2D eigenvalue weighted by atomic mass is 16.5. The maximum atomic E-state index is 12.1. The van der Waals surface area contributed by atoms with Crippen LogP contribution in [0.2, 0.25) is 0 Å². The highest BCUT2D eigenvalue weighted by Gasteiger charge is 2.30. The highest BCUT2D eigenvalue weighted by Crippen LogP contribution is 2.21. The summed E-state index contributed by atoms with van der Waals surface area (Å²) in [6, 6.07) is 0. The van der Waals surface area contributed by atoms with Crippen LogP contribution >= 0.6 is 0 Å². The molecule has 0 saturated carbocycles. The van der Waals surface area contributed by atoms with E-state index in [1.807, 2.05) is 6.92 Å². The Balaban J connectivity index is 2.11. The van der Waals surface area contributed by atoms with E-state index < -0.39 is 0 Å². The van der Waals surface area contributed by atoms with Crippen molar-refractivity contribution in [2.45, 2.75) is 25.3 Å². The average molecular weight is 238 g/mol. The Labute approximate surface area is 100 Å². The van der Waals surface area contributed by atoms with Gasteiger partial charge in [0.15, 0.2) is 0 Å². The Bertz CT molecular complexity index is 402. The first-order chi connectivity index (χ1) is 8.02. The first-order valence-corrected chi connectivity index (χ1v) is 5.69. The molecule has 1 aliphatic heterocycles. The monoisotopic (exact) mass is 238 g/mol. The molecule has 6 heteroatoms. The van der Waals surface area contributed by atoms with Crippen molar-refractivity contribution in [2.24, 2.45) is 7.05 Å². The van der Waals surface area contributed by atoms with Crippen molar-refractivity contribution >= 4 is 11.6 Å². The first kappa shape index (κ1) is 11.9. The van der Waals surface area contributed by atoms with Crippen molar-refractivity contribution in [3.05, 3.63) is 11.9 Å². The molecule has 1 saturated heterocycles. The van der Waals surface area contributed by atoms with Gasteiger partial charge in [-0.1, -0.05) is 0 Å². The maximum Gasteiger partial charge on any atom is 0.272 e. The summed E-state index contributed by atoms with van der Waals surface area (Å²) < 4.78 is 6.78. The summed E-state index contributed by atoms with van der Waals surface area (Å²) in [5.41, 5.74) is 6.32. The standard InChI is InChI=1S/C11H18N4O2/c1-11(3-5-17-6-4-11)14-10(16)9-8(12)7-13-15(9)2/h7H,3-6,12H2,1-2H3,(H,14,16). The van der Waals surface area contributed by atoms with Gasteiger partial charge >= 0.3 is 0 Å². The highest BCUT2D eigenvalue weighted by molar-refractivity contribution is 5.97. The number of amides is 1. The van der Waals surface area contributed by atoms with Crippen LogP contribution in [0.4, 0.5) is 5.69 Å². The van der Waals surface area contributed by atoms with Crippen LogP contribution in [0.1, 0.15) is 30.3 Å². The van der Waals surface area contributed by atoms with Gasteiger partial charge in [-0.15, -0.1) is 0 Å². The van der Waals surface area contributed by atoms with Gasteiger partial charge in [0.25, 0.3) is 5.91 Å². The molecule has 0 aliphatic carbocycles. The molecule has 0 aromatic carbocycles. The molecule has 2 rings (SSSR count). The third kappa shape index (κ3) is 2.41. The lowest BCUT2D eigenvalue weighted by molar-refractivity contribution is 0.0420. The number of aromatic nitrogens is 2. The minimum Gasteiger partial charge on any atom is -0.396 e. The molecule has 1 aromatic heterocycles.